The van der Waals surface area contributed by atoms with Crippen LogP contribution in [0.5, 0.6) is 0 Å². The van der Waals surface area contributed by atoms with Gasteiger partial charge in [-0.1, -0.05) is 75.3 Å². The van der Waals surface area contributed by atoms with Crippen LogP contribution >= 0.6 is 11.3 Å². The van der Waals surface area contributed by atoms with E-state index in [1.807, 2.05) is 44.3 Å². The van der Waals surface area contributed by atoms with Gasteiger partial charge in [0.2, 0.25) is 17.7 Å². The molecule has 1 aliphatic carbocycles. The highest BCUT2D eigenvalue weighted by Crippen LogP contribution is 2.29. The number of aromatic nitrogens is 1. The molecule has 2 aromatic rings. The van der Waals surface area contributed by atoms with Crippen LogP contribution in [-0.4, -0.2) is 101 Å². The van der Waals surface area contributed by atoms with E-state index in [1.165, 1.54) is 11.3 Å². The minimum Gasteiger partial charge on any atom is -0.390 e. The average molecular weight is 720 g/mol. The van der Waals surface area contributed by atoms with Crippen molar-refractivity contribution in [3.63, 3.8) is 0 Å². The van der Waals surface area contributed by atoms with Gasteiger partial charge in [-0.15, -0.1) is 30.1 Å². The summed E-state index contributed by atoms with van der Waals surface area (Å²) in [5.41, 5.74) is 2.95. The molecule has 1 fully saturated rings. The van der Waals surface area contributed by atoms with Gasteiger partial charge >= 0.3 is 0 Å². The number of unbranched alkanes of at least 4 members (excludes halogenated alkanes) is 1. The van der Waals surface area contributed by atoms with Crippen molar-refractivity contribution in [1.29, 1.82) is 0 Å². The quantitative estimate of drug-likeness (QED) is 0.113. The molecule has 0 bridgehead atoms. The molecule has 1 saturated carbocycles. The molecular formula is C40H57N5O5S. The van der Waals surface area contributed by atoms with Crippen molar-refractivity contribution in [3.05, 3.63) is 52.5 Å². The van der Waals surface area contributed by atoms with Crippen molar-refractivity contribution in [3.8, 4) is 24.7 Å². The third-order valence-corrected chi connectivity index (χ3v) is 10.6. The fraction of sp³-hybridized carbons (Fsp3) is 0.600. The second-order valence-corrected chi connectivity index (χ2v) is 14.6. The third-order valence-electron chi connectivity index (χ3n) is 10.0. The first-order chi connectivity index (χ1) is 24.6. The first-order valence-corrected chi connectivity index (χ1v) is 19.2. The van der Waals surface area contributed by atoms with Crippen LogP contribution < -0.4 is 10.6 Å². The van der Waals surface area contributed by atoms with Gasteiger partial charge in [-0.2, -0.15) is 0 Å². The second kappa shape index (κ2) is 22.3. The fourth-order valence-electron chi connectivity index (χ4n) is 6.62. The minimum atomic E-state index is -1.26. The molecule has 3 amide bonds. The van der Waals surface area contributed by atoms with Crippen molar-refractivity contribution in [1.82, 2.24) is 25.4 Å². The Hall–Kier alpha value is -3.74. The van der Waals surface area contributed by atoms with Gasteiger partial charge in [0.05, 0.1) is 41.3 Å². The topological polar surface area (TPSA) is 135 Å². The number of amides is 3. The highest BCUT2D eigenvalue weighted by atomic mass is 32.1. The maximum atomic E-state index is 14.4. The van der Waals surface area contributed by atoms with Gasteiger partial charge in [-0.25, -0.2) is 4.98 Å². The maximum absolute atomic E-state index is 14.4. The van der Waals surface area contributed by atoms with E-state index in [9.17, 15) is 24.6 Å². The molecule has 3 rings (SSSR count). The standard InChI is InChI=1S/C40H57N5O5S/c1-6-9-12-21-35(46)38(48)33(25-30-19-15-11-16-20-30)42-40(50)37(32(7-2)34-27-51-28-41-34)43-39(49)31(24-29-17-13-10-14-18-29)26-36(47)45(5)23-22-44(4)8-3/h1-2,10,13-14,17-18,27-28,30-33,35,37-38,46,48H,8-9,11-12,15-16,19-26H2,3-5H3,(H,42,50)(H,43,49)/t31-,32?,33+,35+,37+,38-/m1/s1. The lowest BCUT2D eigenvalue weighted by molar-refractivity contribution is -0.137. The summed E-state index contributed by atoms with van der Waals surface area (Å²) < 4.78 is 0. The SMILES string of the molecule is C#CCCC[C@H](O)[C@H](O)[C@H](CC1CCCCC1)NC(=O)[C@@H](NC(=O)[C@@H](CC(=O)N(C)CCN(C)CC)Cc1ccccc1)C(C#C)c1cscn1. The van der Waals surface area contributed by atoms with Crippen LogP contribution in [0.4, 0.5) is 0 Å². The maximum Gasteiger partial charge on any atom is 0.244 e. The number of carbonyl (C=O) groups is 3. The summed E-state index contributed by atoms with van der Waals surface area (Å²) in [7, 11) is 3.72. The van der Waals surface area contributed by atoms with E-state index in [2.05, 4.69) is 32.4 Å². The van der Waals surface area contributed by atoms with Crippen LogP contribution in [0.25, 0.3) is 0 Å². The predicted octanol–water partition coefficient (Wildman–Crippen LogP) is 3.98. The van der Waals surface area contributed by atoms with Crippen molar-refractivity contribution in [2.24, 2.45) is 11.8 Å². The summed E-state index contributed by atoms with van der Waals surface area (Å²) in [5, 5.41) is 30.0. The Morgan fingerprint density at radius 1 is 1.04 bits per heavy atom. The number of nitrogens with zero attached hydrogens (tertiary/aromatic N) is 3. The van der Waals surface area contributed by atoms with Crippen LogP contribution in [-0.2, 0) is 20.8 Å². The van der Waals surface area contributed by atoms with Crippen LogP contribution in [0.1, 0.15) is 88.3 Å². The number of nitrogens with one attached hydrogen (secondary N) is 2. The van der Waals surface area contributed by atoms with Gasteiger partial charge in [0, 0.05) is 38.4 Å². The highest BCUT2D eigenvalue weighted by molar-refractivity contribution is 7.07. The summed E-state index contributed by atoms with van der Waals surface area (Å²) in [6.07, 6.45) is 16.3. The molecule has 6 atom stereocenters. The van der Waals surface area contributed by atoms with E-state index < -0.39 is 47.9 Å². The zero-order valence-electron chi connectivity index (χ0n) is 30.5. The van der Waals surface area contributed by atoms with Crippen molar-refractivity contribution in [2.45, 2.75) is 108 Å². The van der Waals surface area contributed by atoms with Gasteiger partial charge in [0.1, 0.15) is 6.04 Å². The number of likely N-dealkylation sites (N-methyl/N-ethyl adjacent to an activating group) is 2. The Kier molecular flexibility index (Phi) is 18.2. The van der Waals surface area contributed by atoms with Crippen molar-refractivity contribution < 1.29 is 24.6 Å². The Labute approximate surface area is 308 Å². The van der Waals surface area contributed by atoms with Gasteiger partial charge in [-0.3, -0.25) is 14.4 Å². The molecule has 0 aliphatic heterocycles. The van der Waals surface area contributed by atoms with E-state index >= 15 is 0 Å². The van der Waals surface area contributed by atoms with E-state index in [4.69, 9.17) is 12.8 Å². The monoisotopic (exact) mass is 719 g/mol. The first-order valence-electron chi connectivity index (χ1n) is 18.3. The average Bonchev–Trinajstić information content (AvgIpc) is 3.68. The lowest BCUT2D eigenvalue weighted by Gasteiger charge is -2.34. The molecule has 10 nitrogen and oxygen atoms in total. The molecule has 0 saturated heterocycles. The summed E-state index contributed by atoms with van der Waals surface area (Å²) in [4.78, 5) is 50.2. The number of carbonyl (C=O) groups excluding carboxylic acids is 3. The fourth-order valence-corrected chi connectivity index (χ4v) is 7.21. The normalized spacial score (nSPS) is 16.9. The van der Waals surface area contributed by atoms with Gasteiger partial charge in [0.25, 0.3) is 0 Å². The number of hydrogen-bond acceptors (Lipinski definition) is 8. The summed E-state index contributed by atoms with van der Waals surface area (Å²) in [5.74, 6) is 2.53. The largest absolute Gasteiger partial charge is 0.390 e. The zero-order valence-corrected chi connectivity index (χ0v) is 31.3. The number of thiazole rings is 1. The molecular weight excluding hydrogens is 663 g/mol. The molecule has 0 spiro atoms. The van der Waals surface area contributed by atoms with Crippen LogP contribution in [0, 0.1) is 36.5 Å². The van der Waals surface area contributed by atoms with Gasteiger partial charge in [0.15, 0.2) is 0 Å². The Balaban J connectivity index is 1.90. The number of benzene rings is 1. The summed E-state index contributed by atoms with van der Waals surface area (Å²) >= 11 is 1.32. The lowest BCUT2D eigenvalue weighted by Crippen LogP contribution is -2.57. The Bertz CT molecular complexity index is 1420. The van der Waals surface area contributed by atoms with E-state index in [0.717, 1.165) is 44.2 Å². The molecule has 51 heavy (non-hydrogen) atoms. The van der Waals surface area contributed by atoms with Crippen molar-refractivity contribution in [2.75, 3.05) is 33.7 Å². The predicted molar refractivity (Wildman–Crippen MR) is 202 cm³/mol. The number of aliphatic hydroxyl groups is 2. The first kappa shape index (κ1) is 41.7. The molecule has 1 aromatic heterocycles. The minimum absolute atomic E-state index is 0.0638. The van der Waals surface area contributed by atoms with Crippen LogP contribution in [0.2, 0.25) is 0 Å². The molecule has 1 aromatic carbocycles. The third kappa shape index (κ3) is 13.7. The number of hydrogen-bond donors (Lipinski definition) is 4. The number of terminal acetylenes is 2. The molecule has 278 valence electrons. The van der Waals surface area contributed by atoms with E-state index in [1.54, 1.807) is 22.8 Å². The highest BCUT2D eigenvalue weighted by Gasteiger charge is 2.38. The Morgan fingerprint density at radius 2 is 1.76 bits per heavy atom. The second-order valence-electron chi connectivity index (χ2n) is 13.9. The number of aliphatic hydroxyl groups excluding tert-OH is 2. The molecule has 1 aliphatic rings. The Morgan fingerprint density at radius 3 is 2.39 bits per heavy atom. The zero-order chi connectivity index (χ0) is 37.2. The van der Waals surface area contributed by atoms with Gasteiger partial charge in [-0.05, 0) is 50.8 Å². The molecule has 11 heteroatoms. The lowest BCUT2D eigenvalue weighted by atomic mass is 9.82. The van der Waals surface area contributed by atoms with Crippen LogP contribution in [0.15, 0.2) is 41.2 Å². The molecule has 1 unspecified atom stereocenters. The van der Waals surface area contributed by atoms with E-state index in [-0.39, 0.29) is 31.1 Å². The van der Waals surface area contributed by atoms with E-state index in [0.29, 0.717) is 38.0 Å². The number of rotatable bonds is 21. The van der Waals surface area contributed by atoms with Gasteiger partial charge < -0.3 is 30.6 Å². The molecule has 0 radical (unpaired) electrons. The molecule has 4 N–H and O–H groups in total. The molecule has 1 heterocycles. The summed E-state index contributed by atoms with van der Waals surface area (Å²) in [6, 6.07) is 7.41. The summed E-state index contributed by atoms with van der Waals surface area (Å²) in [6.45, 7) is 4.10. The van der Waals surface area contributed by atoms with Crippen LogP contribution in [0.3, 0.4) is 0 Å². The van der Waals surface area contributed by atoms with Crippen molar-refractivity contribution >= 4 is 29.1 Å². The smallest absolute Gasteiger partial charge is 0.244 e.